The lowest BCUT2D eigenvalue weighted by molar-refractivity contribution is -0.122. The third kappa shape index (κ3) is 4.80. The number of nitrogens with zero attached hydrogens (tertiary/aromatic N) is 2. The van der Waals surface area contributed by atoms with E-state index in [1.54, 1.807) is 6.26 Å². The van der Waals surface area contributed by atoms with Crippen LogP contribution in [0.25, 0.3) is 0 Å². The Labute approximate surface area is 138 Å². The number of amides is 1. The fourth-order valence-electron chi connectivity index (χ4n) is 3.32. The van der Waals surface area contributed by atoms with Gasteiger partial charge in [-0.3, -0.25) is 14.6 Å². The Balaban J connectivity index is 1.89. The quantitative estimate of drug-likeness (QED) is 0.715. The zero-order chi connectivity index (χ0) is 16.7. The van der Waals surface area contributed by atoms with Gasteiger partial charge in [-0.15, -0.1) is 0 Å². The van der Waals surface area contributed by atoms with Crippen molar-refractivity contribution in [1.82, 2.24) is 15.1 Å². The molecule has 6 heteroatoms. The molecule has 2 N–H and O–H groups in total. The van der Waals surface area contributed by atoms with Crippen LogP contribution in [0.1, 0.15) is 38.5 Å². The van der Waals surface area contributed by atoms with Gasteiger partial charge < -0.3 is 14.8 Å². The van der Waals surface area contributed by atoms with Gasteiger partial charge in [-0.25, -0.2) is 0 Å². The lowest BCUT2D eigenvalue weighted by Gasteiger charge is -2.29. The second kappa shape index (κ2) is 9.05. The number of carbonyl (C=O) groups is 1. The molecule has 0 radical (unpaired) electrons. The molecule has 1 aromatic heterocycles. The highest BCUT2D eigenvalue weighted by Crippen LogP contribution is 2.20. The van der Waals surface area contributed by atoms with E-state index in [1.807, 2.05) is 12.1 Å². The van der Waals surface area contributed by atoms with Gasteiger partial charge in [0.2, 0.25) is 5.91 Å². The molecule has 0 aliphatic carbocycles. The summed E-state index contributed by atoms with van der Waals surface area (Å²) in [4.78, 5) is 16.6. The molecule has 0 saturated carbocycles. The van der Waals surface area contributed by atoms with Gasteiger partial charge in [0.15, 0.2) is 0 Å². The first-order valence-electron chi connectivity index (χ1n) is 8.58. The molecule has 1 amide bonds. The van der Waals surface area contributed by atoms with Gasteiger partial charge in [0.1, 0.15) is 5.76 Å². The summed E-state index contributed by atoms with van der Waals surface area (Å²) in [6, 6.07) is 4.02. The number of rotatable bonds is 9. The van der Waals surface area contributed by atoms with Gasteiger partial charge in [0.05, 0.1) is 25.5 Å². The van der Waals surface area contributed by atoms with Crippen molar-refractivity contribution >= 4 is 5.91 Å². The maximum absolute atomic E-state index is 12.3. The molecule has 2 atom stereocenters. The maximum Gasteiger partial charge on any atom is 0.234 e. The number of hydrogen-bond acceptors (Lipinski definition) is 5. The van der Waals surface area contributed by atoms with Crippen molar-refractivity contribution in [3.8, 4) is 0 Å². The van der Waals surface area contributed by atoms with Crippen LogP contribution in [0.3, 0.4) is 0 Å². The van der Waals surface area contributed by atoms with Crippen LogP contribution in [0.4, 0.5) is 0 Å². The maximum atomic E-state index is 12.3. The number of hydrogen-bond donors (Lipinski definition) is 2. The molecule has 0 bridgehead atoms. The van der Waals surface area contributed by atoms with Crippen molar-refractivity contribution in [1.29, 1.82) is 0 Å². The average Bonchev–Trinajstić information content (AvgIpc) is 3.22. The largest absolute Gasteiger partial charge is 0.468 e. The summed E-state index contributed by atoms with van der Waals surface area (Å²) >= 11 is 0. The molecule has 1 aliphatic heterocycles. The summed E-state index contributed by atoms with van der Waals surface area (Å²) in [6.45, 7) is 7.92. The molecule has 0 unspecified atom stereocenters. The SMILES string of the molecule is CCN(CC)[C@@H](CNC(=O)CN1CCC[C@H]1CO)c1ccco1. The molecule has 1 fully saturated rings. The monoisotopic (exact) mass is 323 g/mol. The Morgan fingerprint density at radius 2 is 2.30 bits per heavy atom. The summed E-state index contributed by atoms with van der Waals surface area (Å²) in [5.41, 5.74) is 0. The van der Waals surface area contributed by atoms with Gasteiger partial charge in [0, 0.05) is 12.6 Å². The number of furan rings is 1. The molecule has 1 aliphatic rings. The number of nitrogens with one attached hydrogen (secondary N) is 1. The van der Waals surface area contributed by atoms with Crippen LogP contribution in [-0.4, -0.2) is 66.2 Å². The molecule has 2 heterocycles. The van der Waals surface area contributed by atoms with E-state index in [1.165, 1.54) is 0 Å². The van der Waals surface area contributed by atoms with E-state index in [0.717, 1.165) is 38.2 Å². The van der Waals surface area contributed by atoms with Crippen LogP contribution in [-0.2, 0) is 4.79 Å². The van der Waals surface area contributed by atoms with Gasteiger partial charge in [-0.2, -0.15) is 0 Å². The molecule has 2 rings (SSSR count). The number of carbonyl (C=O) groups excluding carboxylic acids is 1. The normalized spacial score (nSPS) is 20.1. The van der Waals surface area contributed by atoms with Crippen molar-refractivity contribution in [3.63, 3.8) is 0 Å². The Bertz CT molecular complexity index is 460. The fraction of sp³-hybridized carbons (Fsp3) is 0.706. The van der Waals surface area contributed by atoms with Crippen LogP contribution in [0, 0.1) is 0 Å². The topological polar surface area (TPSA) is 69.0 Å². The average molecular weight is 323 g/mol. The van der Waals surface area contributed by atoms with Crippen molar-refractivity contribution in [2.75, 3.05) is 39.3 Å². The third-order valence-corrected chi connectivity index (χ3v) is 4.67. The first-order chi connectivity index (χ1) is 11.2. The first-order valence-corrected chi connectivity index (χ1v) is 8.58. The standard InChI is InChI=1S/C17H29N3O3/c1-3-19(4-2)15(16-8-6-10-23-16)11-18-17(22)12-20-9-5-7-14(20)13-21/h6,8,10,14-15,21H,3-5,7,9,11-13H2,1-2H3,(H,18,22)/t14-,15-/m0/s1. The van der Waals surface area contributed by atoms with Crippen molar-refractivity contribution in [3.05, 3.63) is 24.2 Å². The molecule has 130 valence electrons. The van der Waals surface area contributed by atoms with Crippen LogP contribution in [0.2, 0.25) is 0 Å². The number of likely N-dealkylation sites (tertiary alicyclic amines) is 1. The zero-order valence-corrected chi connectivity index (χ0v) is 14.2. The lowest BCUT2D eigenvalue weighted by Crippen LogP contribution is -2.44. The minimum atomic E-state index is 0.00839. The molecule has 0 spiro atoms. The molecule has 6 nitrogen and oxygen atoms in total. The van der Waals surface area contributed by atoms with Crippen molar-refractivity contribution < 1.29 is 14.3 Å². The van der Waals surface area contributed by atoms with Gasteiger partial charge in [0.25, 0.3) is 0 Å². The highest BCUT2D eigenvalue weighted by molar-refractivity contribution is 5.78. The van der Waals surface area contributed by atoms with E-state index in [2.05, 4.69) is 29.0 Å². The highest BCUT2D eigenvalue weighted by Gasteiger charge is 2.26. The third-order valence-electron chi connectivity index (χ3n) is 4.67. The number of aliphatic hydroxyl groups is 1. The molecule has 1 saturated heterocycles. The molecular formula is C17H29N3O3. The predicted octanol–water partition coefficient (Wildman–Crippen LogP) is 1.24. The smallest absolute Gasteiger partial charge is 0.234 e. The summed E-state index contributed by atoms with van der Waals surface area (Å²) < 4.78 is 5.54. The van der Waals surface area contributed by atoms with E-state index in [-0.39, 0.29) is 24.6 Å². The van der Waals surface area contributed by atoms with Crippen LogP contribution < -0.4 is 5.32 Å². The molecule has 0 aromatic carbocycles. The van der Waals surface area contributed by atoms with Crippen molar-refractivity contribution in [2.45, 2.75) is 38.8 Å². The molecule has 23 heavy (non-hydrogen) atoms. The van der Waals surface area contributed by atoms with Crippen molar-refractivity contribution in [2.24, 2.45) is 0 Å². The van der Waals surface area contributed by atoms with Crippen LogP contribution >= 0.6 is 0 Å². The summed E-state index contributed by atoms with van der Waals surface area (Å²) in [5.74, 6) is 0.887. The Morgan fingerprint density at radius 1 is 1.52 bits per heavy atom. The minimum Gasteiger partial charge on any atom is -0.468 e. The number of aliphatic hydroxyl groups excluding tert-OH is 1. The summed E-state index contributed by atoms with van der Waals surface area (Å²) in [6.07, 6.45) is 3.69. The zero-order valence-electron chi connectivity index (χ0n) is 14.2. The van der Waals surface area contributed by atoms with Crippen LogP contribution in [0.15, 0.2) is 22.8 Å². The Morgan fingerprint density at radius 3 is 2.91 bits per heavy atom. The summed E-state index contributed by atoms with van der Waals surface area (Å²) in [5, 5.41) is 12.4. The summed E-state index contributed by atoms with van der Waals surface area (Å²) in [7, 11) is 0. The number of likely N-dealkylation sites (N-methyl/N-ethyl adjacent to an activating group) is 1. The van der Waals surface area contributed by atoms with Crippen LogP contribution in [0.5, 0.6) is 0 Å². The first kappa shape index (κ1) is 18.0. The second-order valence-electron chi connectivity index (χ2n) is 6.01. The van der Waals surface area contributed by atoms with Gasteiger partial charge in [-0.05, 0) is 44.6 Å². The van der Waals surface area contributed by atoms with Gasteiger partial charge >= 0.3 is 0 Å². The minimum absolute atomic E-state index is 0.00839. The van der Waals surface area contributed by atoms with Gasteiger partial charge in [-0.1, -0.05) is 13.8 Å². The van der Waals surface area contributed by atoms with E-state index < -0.39 is 0 Å². The Kier molecular flexibility index (Phi) is 7.08. The molecular weight excluding hydrogens is 294 g/mol. The van der Waals surface area contributed by atoms with E-state index in [9.17, 15) is 9.90 Å². The van der Waals surface area contributed by atoms with E-state index >= 15 is 0 Å². The lowest BCUT2D eigenvalue weighted by atomic mass is 10.2. The second-order valence-corrected chi connectivity index (χ2v) is 6.01. The van der Waals surface area contributed by atoms with E-state index in [4.69, 9.17) is 4.42 Å². The molecule has 1 aromatic rings. The highest BCUT2D eigenvalue weighted by atomic mass is 16.3. The van der Waals surface area contributed by atoms with E-state index in [0.29, 0.717) is 13.1 Å². The predicted molar refractivity (Wildman–Crippen MR) is 89.1 cm³/mol. The fourth-order valence-corrected chi connectivity index (χ4v) is 3.32. The Hall–Kier alpha value is -1.37.